The van der Waals surface area contributed by atoms with Gasteiger partial charge in [-0.15, -0.1) is 0 Å². The van der Waals surface area contributed by atoms with Gasteiger partial charge in [-0.05, 0) is 24.5 Å². The summed E-state index contributed by atoms with van der Waals surface area (Å²) in [5.74, 6) is 0. The maximum absolute atomic E-state index is 3.07. The predicted octanol–water partition coefficient (Wildman–Crippen LogP) is 5.30. The summed E-state index contributed by atoms with van der Waals surface area (Å²) in [5.41, 5.74) is 1.47. The quantitative estimate of drug-likeness (QED) is 0.377. The Kier molecular flexibility index (Phi) is 14.8. The van der Waals surface area contributed by atoms with Gasteiger partial charge in [0.1, 0.15) is 0 Å². The van der Waals surface area contributed by atoms with Gasteiger partial charge >= 0.3 is 29.6 Å². The van der Waals surface area contributed by atoms with Crippen LogP contribution >= 0.6 is 0 Å². The molecular weight excluding hydrogens is 239 g/mol. The van der Waals surface area contributed by atoms with E-state index in [9.17, 15) is 0 Å². The second kappa shape index (κ2) is 14.6. The van der Waals surface area contributed by atoms with Crippen molar-refractivity contribution in [3.05, 3.63) is 35.9 Å². The van der Waals surface area contributed by atoms with Gasteiger partial charge in [0.25, 0.3) is 0 Å². The molecule has 0 N–H and O–H groups in total. The van der Waals surface area contributed by atoms with E-state index in [2.05, 4.69) is 25.1 Å². The van der Waals surface area contributed by atoms with Gasteiger partial charge in [0.15, 0.2) is 0 Å². The zero-order valence-electron chi connectivity index (χ0n) is 12.1. The molecule has 0 saturated heterocycles. The molecule has 1 rings (SSSR count). The number of unbranched alkanes of at least 4 members (excludes halogenated alkanes) is 9. The Morgan fingerprint density at radius 1 is 0.737 bits per heavy atom. The van der Waals surface area contributed by atoms with Crippen molar-refractivity contribution in [1.29, 1.82) is 0 Å². The number of hydrogen-bond acceptors (Lipinski definition) is 0. The van der Waals surface area contributed by atoms with Crippen LogP contribution in [0, 0.1) is 6.07 Å². The summed E-state index contributed by atoms with van der Waals surface area (Å²) in [4.78, 5) is 0. The summed E-state index contributed by atoms with van der Waals surface area (Å²) in [6.45, 7) is 2.28. The minimum atomic E-state index is 0. The van der Waals surface area contributed by atoms with Gasteiger partial charge in [0.2, 0.25) is 0 Å². The first-order valence-electron chi connectivity index (χ1n) is 7.88. The molecule has 0 saturated carbocycles. The first-order valence-corrected chi connectivity index (χ1v) is 7.88. The summed E-state index contributed by atoms with van der Waals surface area (Å²) in [5, 5.41) is 0. The fraction of sp³-hybridized carbons (Fsp3) is 0.667. The Hall–Kier alpha value is 0.220. The van der Waals surface area contributed by atoms with E-state index < -0.39 is 0 Å². The second-order valence-corrected chi connectivity index (χ2v) is 5.34. The topological polar surface area (TPSA) is 0 Å². The molecule has 0 aliphatic heterocycles. The predicted molar refractivity (Wildman–Crippen MR) is 88.0 cm³/mol. The molecule has 103 valence electrons. The van der Waals surface area contributed by atoms with E-state index in [1.807, 2.05) is 12.1 Å². The van der Waals surface area contributed by atoms with E-state index >= 15 is 0 Å². The van der Waals surface area contributed by atoms with Crippen molar-refractivity contribution in [3.8, 4) is 0 Å². The molecule has 0 spiro atoms. The Balaban J connectivity index is 0.00000324. The third-order valence-electron chi connectivity index (χ3n) is 3.61. The van der Waals surface area contributed by atoms with Gasteiger partial charge in [-0.3, -0.25) is 0 Å². The molecule has 0 aromatic heterocycles. The van der Waals surface area contributed by atoms with Crippen molar-refractivity contribution >= 4 is 29.6 Å². The number of hydrogen-bond donors (Lipinski definition) is 0. The van der Waals surface area contributed by atoms with E-state index in [1.165, 1.54) is 76.2 Å². The molecule has 0 atom stereocenters. The van der Waals surface area contributed by atoms with Gasteiger partial charge in [0, 0.05) is 0 Å². The Morgan fingerprint density at radius 3 is 1.74 bits per heavy atom. The SMILES string of the molecule is CCCCCCCCCCCCc1cc[c]cc1.[NaH]. The van der Waals surface area contributed by atoms with Crippen LogP contribution in [0.1, 0.15) is 76.7 Å². The molecule has 0 unspecified atom stereocenters. The molecule has 0 nitrogen and oxygen atoms in total. The van der Waals surface area contributed by atoms with Gasteiger partial charge in [0.05, 0.1) is 0 Å². The molecule has 1 heteroatoms. The van der Waals surface area contributed by atoms with Crippen LogP contribution in [0.3, 0.4) is 0 Å². The molecule has 0 fully saturated rings. The van der Waals surface area contributed by atoms with Crippen molar-refractivity contribution in [2.24, 2.45) is 0 Å². The van der Waals surface area contributed by atoms with E-state index in [0.29, 0.717) is 0 Å². The second-order valence-electron chi connectivity index (χ2n) is 5.34. The average Bonchev–Trinajstić information content (AvgIpc) is 2.42. The zero-order valence-corrected chi connectivity index (χ0v) is 12.1. The molecule has 1 radical (unpaired) electrons. The van der Waals surface area contributed by atoms with E-state index in [4.69, 9.17) is 0 Å². The Labute approximate surface area is 142 Å². The third kappa shape index (κ3) is 11.7. The molecule has 19 heavy (non-hydrogen) atoms. The fourth-order valence-corrected chi connectivity index (χ4v) is 2.40. The average molecular weight is 269 g/mol. The summed E-state index contributed by atoms with van der Waals surface area (Å²) in [6, 6.07) is 11.5. The van der Waals surface area contributed by atoms with E-state index in [-0.39, 0.29) is 29.6 Å². The summed E-state index contributed by atoms with van der Waals surface area (Å²) < 4.78 is 0. The van der Waals surface area contributed by atoms with Crippen LogP contribution < -0.4 is 0 Å². The molecule has 0 amide bonds. The molecular formula is C18H30Na. The first kappa shape index (κ1) is 19.2. The van der Waals surface area contributed by atoms with Gasteiger partial charge in [-0.1, -0.05) is 89.0 Å². The van der Waals surface area contributed by atoms with Crippen LogP contribution in [-0.2, 0) is 6.42 Å². The molecule has 0 aliphatic carbocycles. The standard InChI is InChI=1S/C18H29.Na.H/c1-2-3-4-5-6-7-8-9-10-12-15-18-16-13-11-14-17-18;;/h13-14,16-17H,2-10,12,15H2,1H3;;. The van der Waals surface area contributed by atoms with Crippen molar-refractivity contribution in [1.82, 2.24) is 0 Å². The van der Waals surface area contributed by atoms with Crippen LogP contribution in [-0.4, -0.2) is 29.6 Å². The monoisotopic (exact) mass is 269 g/mol. The van der Waals surface area contributed by atoms with Gasteiger partial charge in [-0.25, -0.2) is 0 Å². The summed E-state index contributed by atoms with van der Waals surface area (Å²) in [6.07, 6.45) is 15.4. The molecule has 1 aromatic rings. The Bertz CT molecular complexity index is 268. The summed E-state index contributed by atoms with van der Waals surface area (Å²) >= 11 is 0. The zero-order chi connectivity index (χ0) is 12.9. The van der Waals surface area contributed by atoms with E-state index in [0.717, 1.165) is 0 Å². The fourth-order valence-electron chi connectivity index (χ4n) is 2.40. The van der Waals surface area contributed by atoms with Crippen LogP contribution in [0.4, 0.5) is 0 Å². The Morgan fingerprint density at radius 2 is 1.21 bits per heavy atom. The summed E-state index contributed by atoms with van der Waals surface area (Å²) in [7, 11) is 0. The van der Waals surface area contributed by atoms with Crippen LogP contribution in [0.2, 0.25) is 0 Å². The van der Waals surface area contributed by atoms with Crippen molar-refractivity contribution in [2.75, 3.05) is 0 Å². The maximum atomic E-state index is 3.07. The third-order valence-corrected chi connectivity index (χ3v) is 3.61. The van der Waals surface area contributed by atoms with Crippen LogP contribution in [0.15, 0.2) is 24.3 Å². The molecule has 0 bridgehead atoms. The normalized spacial score (nSPS) is 10.2. The van der Waals surface area contributed by atoms with Gasteiger partial charge < -0.3 is 0 Å². The van der Waals surface area contributed by atoms with Gasteiger partial charge in [-0.2, -0.15) is 0 Å². The van der Waals surface area contributed by atoms with Crippen molar-refractivity contribution in [3.63, 3.8) is 0 Å². The van der Waals surface area contributed by atoms with Crippen LogP contribution in [0.5, 0.6) is 0 Å². The number of benzene rings is 1. The van der Waals surface area contributed by atoms with Crippen LogP contribution in [0.25, 0.3) is 0 Å². The van der Waals surface area contributed by atoms with Crippen molar-refractivity contribution in [2.45, 2.75) is 77.6 Å². The molecule has 0 aliphatic rings. The van der Waals surface area contributed by atoms with E-state index in [1.54, 1.807) is 0 Å². The van der Waals surface area contributed by atoms with Crippen molar-refractivity contribution < 1.29 is 0 Å². The molecule has 1 aromatic carbocycles. The number of rotatable bonds is 11. The minimum absolute atomic E-state index is 0. The first-order chi connectivity index (χ1) is 8.93. The molecule has 0 heterocycles. The number of aryl methyl sites for hydroxylation is 1.